The number of hydrogen-bond donors (Lipinski definition) is 1. The molecule has 0 aromatic carbocycles. The topological polar surface area (TPSA) is 86.1 Å². The predicted octanol–water partition coefficient (Wildman–Crippen LogP) is 1.26. The van der Waals surface area contributed by atoms with Crippen LogP contribution in [-0.2, 0) is 21.8 Å². The lowest BCUT2D eigenvalue weighted by Crippen LogP contribution is -2.36. The SMILES string of the molecule is Cn1cnc(S(=O)(=O)NC(c2cccnc2)C2CCOCC2)c1. The van der Waals surface area contributed by atoms with E-state index in [0.29, 0.717) is 13.2 Å². The molecule has 1 saturated heterocycles. The molecule has 0 spiro atoms. The van der Waals surface area contributed by atoms with Gasteiger partial charge in [0, 0.05) is 38.9 Å². The molecule has 1 unspecified atom stereocenters. The van der Waals surface area contributed by atoms with Crippen LogP contribution in [0, 0.1) is 5.92 Å². The molecule has 0 bridgehead atoms. The van der Waals surface area contributed by atoms with E-state index >= 15 is 0 Å². The normalized spacial score (nSPS) is 18.0. The molecule has 124 valence electrons. The minimum absolute atomic E-state index is 0.0287. The van der Waals surface area contributed by atoms with Crippen LogP contribution in [0.2, 0.25) is 0 Å². The average molecular weight is 336 g/mol. The van der Waals surface area contributed by atoms with Crippen molar-refractivity contribution in [2.45, 2.75) is 23.9 Å². The molecule has 3 heterocycles. The molecular formula is C15H20N4O3S. The van der Waals surface area contributed by atoms with E-state index in [-0.39, 0.29) is 17.0 Å². The van der Waals surface area contributed by atoms with Crippen molar-refractivity contribution >= 4 is 10.0 Å². The highest BCUT2D eigenvalue weighted by atomic mass is 32.2. The van der Waals surface area contributed by atoms with E-state index in [1.54, 1.807) is 24.0 Å². The maximum Gasteiger partial charge on any atom is 0.260 e. The van der Waals surface area contributed by atoms with Crippen LogP contribution >= 0.6 is 0 Å². The summed E-state index contributed by atoms with van der Waals surface area (Å²) in [7, 11) is -1.95. The zero-order chi connectivity index (χ0) is 16.3. The molecule has 0 amide bonds. The third-order valence-electron chi connectivity index (χ3n) is 4.02. The molecule has 0 aliphatic carbocycles. The Labute approximate surface area is 135 Å². The van der Waals surface area contributed by atoms with E-state index < -0.39 is 10.0 Å². The molecular weight excluding hydrogens is 316 g/mol. The van der Waals surface area contributed by atoms with Gasteiger partial charge in [-0.3, -0.25) is 4.98 Å². The van der Waals surface area contributed by atoms with Crippen molar-refractivity contribution in [2.75, 3.05) is 13.2 Å². The molecule has 8 heteroatoms. The average Bonchev–Trinajstić information content (AvgIpc) is 3.02. The molecule has 1 atom stereocenters. The molecule has 2 aromatic heterocycles. The third-order valence-corrected chi connectivity index (χ3v) is 5.35. The summed E-state index contributed by atoms with van der Waals surface area (Å²) in [5.41, 5.74) is 0.860. The maximum atomic E-state index is 12.6. The number of aryl methyl sites for hydroxylation is 1. The van der Waals surface area contributed by atoms with Crippen molar-refractivity contribution in [3.63, 3.8) is 0 Å². The molecule has 23 heavy (non-hydrogen) atoms. The van der Waals surface area contributed by atoms with Gasteiger partial charge < -0.3 is 9.30 Å². The maximum absolute atomic E-state index is 12.6. The number of nitrogens with one attached hydrogen (secondary N) is 1. The fourth-order valence-corrected chi connectivity index (χ4v) is 4.08. The predicted molar refractivity (Wildman–Crippen MR) is 84.1 cm³/mol. The second-order valence-electron chi connectivity index (χ2n) is 5.71. The Morgan fingerprint density at radius 1 is 1.39 bits per heavy atom. The Morgan fingerprint density at radius 2 is 2.17 bits per heavy atom. The van der Waals surface area contributed by atoms with Gasteiger partial charge in [0.1, 0.15) is 0 Å². The number of imidazole rings is 1. The number of aromatic nitrogens is 3. The molecule has 1 fully saturated rings. The van der Waals surface area contributed by atoms with Crippen molar-refractivity contribution in [2.24, 2.45) is 13.0 Å². The summed E-state index contributed by atoms with van der Waals surface area (Å²) in [6, 6.07) is 3.38. The number of sulfonamides is 1. The third kappa shape index (κ3) is 3.77. The summed E-state index contributed by atoms with van der Waals surface area (Å²) in [4.78, 5) is 8.07. The number of nitrogens with zero attached hydrogens (tertiary/aromatic N) is 3. The van der Waals surface area contributed by atoms with Gasteiger partial charge in [0.2, 0.25) is 0 Å². The van der Waals surface area contributed by atoms with Crippen LogP contribution in [0.4, 0.5) is 0 Å². The van der Waals surface area contributed by atoms with E-state index in [0.717, 1.165) is 18.4 Å². The van der Waals surface area contributed by atoms with Crippen molar-refractivity contribution in [1.82, 2.24) is 19.3 Å². The van der Waals surface area contributed by atoms with Crippen LogP contribution < -0.4 is 4.72 Å². The Bertz CT molecular complexity index is 739. The number of hydrogen-bond acceptors (Lipinski definition) is 5. The van der Waals surface area contributed by atoms with Crippen LogP contribution in [0.1, 0.15) is 24.4 Å². The van der Waals surface area contributed by atoms with Gasteiger partial charge in [0.15, 0.2) is 5.03 Å². The smallest absolute Gasteiger partial charge is 0.260 e. The summed E-state index contributed by atoms with van der Waals surface area (Å²) >= 11 is 0. The van der Waals surface area contributed by atoms with E-state index in [4.69, 9.17) is 4.74 Å². The van der Waals surface area contributed by atoms with Gasteiger partial charge >= 0.3 is 0 Å². The fraction of sp³-hybridized carbons (Fsp3) is 0.467. The summed E-state index contributed by atoms with van der Waals surface area (Å²) in [5.74, 6) is 0.173. The quantitative estimate of drug-likeness (QED) is 0.888. The second-order valence-corrected chi connectivity index (χ2v) is 7.37. The van der Waals surface area contributed by atoms with Crippen molar-refractivity contribution in [3.05, 3.63) is 42.6 Å². The molecule has 7 nitrogen and oxygen atoms in total. The molecule has 1 aliphatic heterocycles. The first kappa shape index (κ1) is 16.1. The van der Waals surface area contributed by atoms with Crippen LogP contribution in [0.15, 0.2) is 42.1 Å². The summed E-state index contributed by atoms with van der Waals surface area (Å²) < 4.78 is 35.1. The van der Waals surface area contributed by atoms with Crippen LogP contribution in [0.5, 0.6) is 0 Å². The zero-order valence-electron chi connectivity index (χ0n) is 12.9. The summed E-state index contributed by atoms with van der Waals surface area (Å²) in [6.45, 7) is 1.29. The molecule has 0 saturated carbocycles. The molecule has 3 rings (SSSR count). The van der Waals surface area contributed by atoms with Crippen LogP contribution in [-0.4, -0.2) is 36.2 Å². The highest BCUT2D eigenvalue weighted by Gasteiger charge is 2.30. The Morgan fingerprint density at radius 3 is 2.78 bits per heavy atom. The molecule has 1 N–H and O–H groups in total. The van der Waals surface area contributed by atoms with Gasteiger partial charge in [0.25, 0.3) is 10.0 Å². The monoisotopic (exact) mass is 336 g/mol. The number of rotatable bonds is 5. The lowest BCUT2D eigenvalue weighted by atomic mass is 9.88. The summed E-state index contributed by atoms with van der Waals surface area (Å²) in [6.07, 6.45) is 7.97. The number of pyridine rings is 1. The first-order valence-corrected chi connectivity index (χ1v) is 9.02. The van der Waals surface area contributed by atoms with Crippen LogP contribution in [0.3, 0.4) is 0 Å². The lowest BCUT2D eigenvalue weighted by molar-refractivity contribution is 0.0564. The van der Waals surface area contributed by atoms with Crippen molar-refractivity contribution in [1.29, 1.82) is 0 Å². The molecule has 1 aliphatic rings. The van der Waals surface area contributed by atoms with Crippen LogP contribution in [0.25, 0.3) is 0 Å². The Hall–Kier alpha value is -1.77. The van der Waals surface area contributed by atoms with Crippen molar-refractivity contribution in [3.8, 4) is 0 Å². The Balaban J connectivity index is 1.89. The Kier molecular flexibility index (Phi) is 4.74. The highest BCUT2D eigenvalue weighted by molar-refractivity contribution is 7.89. The first-order chi connectivity index (χ1) is 11.1. The second kappa shape index (κ2) is 6.77. The van der Waals surface area contributed by atoms with Gasteiger partial charge in [-0.1, -0.05) is 6.07 Å². The van der Waals surface area contributed by atoms with Gasteiger partial charge in [-0.25, -0.2) is 18.1 Å². The zero-order valence-corrected chi connectivity index (χ0v) is 13.7. The lowest BCUT2D eigenvalue weighted by Gasteiger charge is -2.30. The summed E-state index contributed by atoms with van der Waals surface area (Å²) in [5, 5.41) is 0.0287. The minimum Gasteiger partial charge on any atom is -0.381 e. The van der Waals surface area contributed by atoms with Crippen molar-refractivity contribution < 1.29 is 13.2 Å². The highest BCUT2D eigenvalue weighted by Crippen LogP contribution is 2.31. The van der Waals surface area contributed by atoms with Gasteiger partial charge in [-0.05, 0) is 30.4 Å². The number of ether oxygens (including phenoxy) is 1. The van der Waals surface area contributed by atoms with Gasteiger partial charge in [0.05, 0.1) is 12.4 Å². The minimum atomic E-state index is -3.69. The standard InChI is InChI=1S/C15H20N4O3S/c1-19-10-14(17-11-19)23(20,21)18-15(12-4-7-22-8-5-12)13-3-2-6-16-9-13/h2-3,6,9-12,15,18H,4-5,7-8H2,1H3. The largest absolute Gasteiger partial charge is 0.381 e. The van der Waals surface area contributed by atoms with E-state index in [2.05, 4.69) is 14.7 Å². The van der Waals surface area contributed by atoms with E-state index in [9.17, 15) is 8.42 Å². The van der Waals surface area contributed by atoms with E-state index in [1.807, 2.05) is 12.1 Å². The van der Waals surface area contributed by atoms with E-state index in [1.165, 1.54) is 12.5 Å². The first-order valence-electron chi connectivity index (χ1n) is 7.54. The molecule has 2 aromatic rings. The fourth-order valence-electron chi connectivity index (χ4n) is 2.80. The van der Waals surface area contributed by atoms with Gasteiger partial charge in [-0.15, -0.1) is 0 Å². The molecule has 0 radical (unpaired) electrons. The van der Waals surface area contributed by atoms with Gasteiger partial charge in [-0.2, -0.15) is 0 Å².